The maximum Gasteiger partial charge on any atom is 0.287 e. The second-order valence-corrected chi connectivity index (χ2v) is 8.14. The molecule has 2 N–H and O–H groups in total. The first-order valence-electron chi connectivity index (χ1n) is 9.46. The van der Waals surface area contributed by atoms with Crippen LogP contribution in [0.4, 0.5) is 21.5 Å². The van der Waals surface area contributed by atoms with Gasteiger partial charge >= 0.3 is 0 Å². The van der Waals surface area contributed by atoms with Crippen molar-refractivity contribution in [3.05, 3.63) is 48.3 Å². The molecule has 0 bridgehead atoms. The highest BCUT2D eigenvalue weighted by molar-refractivity contribution is 6.38. The van der Waals surface area contributed by atoms with Gasteiger partial charge in [-0.15, -0.1) is 0 Å². The smallest absolute Gasteiger partial charge is 0.287 e. The first-order valence-corrected chi connectivity index (χ1v) is 9.46. The summed E-state index contributed by atoms with van der Waals surface area (Å²) in [5, 5.41) is 14.7. The molecule has 0 fully saturated rings. The van der Waals surface area contributed by atoms with E-state index in [9.17, 15) is 9.18 Å². The summed E-state index contributed by atoms with van der Waals surface area (Å²) in [6.45, 7) is 3.85. The first kappa shape index (κ1) is 18.4. The van der Waals surface area contributed by atoms with E-state index in [1.54, 1.807) is 35.6 Å². The van der Waals surface area contributed by atoms with Gasteiger partial charge in [0.25, 0.3) is 11.8 Å². The van der Waals surface area contributed by atoms with Crippen LogP contribution < -0.4 is 15.2 Å². The van der Waals surface area contributed by atoms with Crippen molar-refractivity contribution in [1.29, 1.82) is 0 Å². The molecule has 1 unspecified atom stereocenters. The highest BCUT2D eigenvalue weighted by Crippen LogP contribution is 2.40. The van der Waals surface area contributed by atoms with Gasteiger partial charge in [0, 0.05) is 24.6 Å². The Morgan fingerprint density at radius 3 is 2.93 bits per heavy atom. The molecule has 5 rings (SSSR count). The highest BCUT2D eigenvalue weighted by Gasteiger charge is 2.44. The minimum Gasteiger partial charge on any atom is -0.326 e. The maximum absolute atomic E-state index is 14.9. The fourth-order valence-corrected chi connectivity index (χ4v) is 3.94. The molecule has 1 amide bonds. The molecular weight excluding hydrogens is 387 g/mol. The molecule has 152 valence electrons. The zero-order valence-electron chi connectivity index (χ0n) is 16.7. The summed E-state index contributed by atoms with van der Waals surface area (Å²) in [6, 6.07) is 3.04. The molecular formula is C20H20FN8O+. The standard InChI is InChI=1S/C20H19FN8O/c1-20(2)8-18(30)24-15-7-16(14(21)6-13(15)20)25-19-26-17-10-22-4-5-29(17,27-19)12-9-23-28(3)11-12/h4-7,9-11H,8H2,1-3H3,(H-,24,25,27,30)/p+1. The number of carbonyl (C=O) groups excluding carboxylic acids is 1. The van der Waals surface area contributed by atoms with Crippen molar-refractivity contribution < 1.29 is 9.18 Å². The lowest BCUT2D eigenvalue weighted by molar-refractivity contribution is -0.117. The topological polar surface area (TPSA) is 96.0 Å². The number of amidine groups is 1. The van der Waals surface area contributed by atoms with Gasteiger partial charge in [-0.05, 0) is 22.8 Å². The van der Waals surface area contributed by atoms with Gasteiger partial charge in [0.1, 0.15) is 18.2 Å². The number of anilines is 2. The van der Waals surface area contributed by atoms with E-state index >= 15 is 0 Å². The Labute approximate surface area is 171 Å². The monoisotopic (exact) mass is 407 g/mol. The Balaban J connectivity index is 1.53. The quantitative estimate of drug-likeness (QED) is 0.750. The highest BCUT2D eigenvalue weighted by atomic mass is 19.1. The van der Waals surface area contributed by atoms with Crippen LogP contribution in [0.25, 0.3) is 0 Å². The van der Waals surface area contributed by atoms with E-state index in [-0.39, 0.29) is 22.1 Å². The summed E-state index contributed by atoms with van der Waals surface area (Å²) in [7, 11) is 1.82. The van der Waals surface area contributed by atoms with Gasteiger partial charge in [0.05, 0.1) is 18.1 Å². The fourth-order valence-electron chi connectivity index (χ4n) is 3.94. The first-order chi connectivity index (χ1) is 14.3. The lowest BCUT2D eigenvalue weighted by atomic mass is 9.78. The fraction of sp³-hybridized carbons (Fsp3) is 0.250. The van der Waals surface area contributed by atoms with E-state index in [0.717, 1.165) is 11.3 Å². The van der Waals surface area contributed by atoms with Crippen molar-refractivity contribution >= 4 is 41.0 Å². The normalized spacial score (nSPS) is 23.4. The minimum atomic E-state index is -0.445. The molecule has 10 heteroatoms. The van der Waals surface area contributed by atoms with Crippen molar-refractivity contribution in [1.82, 2.24) is 14.4 Å². The SMILES string of the molecule is Cn1cc([N+]23C=CN=CC2=NC(Nc2cc4c(cc2F)C(C)(C)CC(=O)N4)=N3)cn1. The van der Waals surface area contributed by atoms with Gasteiger partial charge in [-0.3, -0.25) is 14.5 Å². The van der Waals surface area contributed by atoms with Crippen molar-refractivity contribution in [2.24, 2.45) is 22.1 Å². The van der Waals surface area contributed by atoms with Crippen molar-refractivity contribution in [2.75, 3.05) is 10.6 Å². The number of hydrogen-bond acceptors (Lipinski definition) is 6. The number of aryl methyl sites for hydroxylation is 1. The second-order valence-electron chi connectivity index (χ2n) is 8.14. The lowest BCUT2D eigenvalue weighted by Crippen LogP contribution is -2.44. The van der Waals surface area contributed by atoms with E-state index in [1.807, 2.05) is 27.1 Å². The Kier molecular flexibility index (Phi) is 3.78. The number of fused-ring (bicyclic) bond motifs is 2. The summed E-state index contributed by atoms with van der Waals surface area (Å²) in [6.07, 6.45) is 8.86. The number of guanidine groups is 1. The average molecular weight is 407 g/mol. The van der Waals surface area contributed by atoms with Gasteiger partial charge in [-0.1, -0.05) is 18.4 Å². The molecule has 0 spiro atoms. The summed E-state index contributed by atoms with van der Waals surface area (Å²) in [5.74, 6) is 0.249. The predicted octanol–water partition coefficient (Wildman–Crippen LogP) is 2.84. The minimum absolute atomic E-state index is 0.0456. The third-order valence-electron chi connectivity index (χ3n) is 5.42. The number of nitrogens with zero attached hydrogens (tertiary/aromatic N) is 6. The maximum atomic E-state index is 14.9. The zero-order chi connectivity index (χ0) is 21.1. The molecule has 0 saturated heterocycles. The van der Waals surface area contributed by atoms with E-state index in [0.29, 0.717) is 17.9 Å². The van der Waals surface area contributed by atoms with Crippen LogP contribution in [0.2, 0.25) is 0 Å². The Morgan fingerprint density at radius 2 is 2.17 bits per heavy atom. The summed E-state index contributed by atoms with van der Waals surface area (Å²) >= 11 is 0. The Bertz CT molecular complexity index is 1210. The number of nitrogens with one attached hydrogen (secondary N) is 2. The van der Waals surface area contributed by atoms with E-state index in [4.69, 9.17) is 0 Å². The van der Waals surface area contributed by atoms with Crippen molar-refractivity contribution in [3.63, 3.8) is 0 Å². The van der Waals surface area contributed by atoms with Gasteiger partial charge < -0.3 is 10.6 Å². The van der Waals surface area contributed by atoms with Crippen LogP contribution in [0.3, 0.4) is 0 Å². The van der Waals surface area contributed by atoms with Crippen LogP contribution in [-0.2, 0) is 17.3 Å². The average Bonchev–Trinajstić information content (AvgIpc) is 3.26. The van der Waals surface area contributed by atoms with Crippen LogP contribution >= 0.6 is 0 Å². The predicted molar refractivity (Wildman–Crippen MR) is 114 cm³/mol. The van der Waals surface area contributed by atoms with Crippen molar-refractivity contribution in [3.8, 4) is 0 Å². The van der Waals surface area contributed by atoms with E-state index in [2.05, 4.69) is 30.8 Å². The number of hydrogen-bond donors (Lipinski definition) is 2. The number of aliphatic imine (C=N–C) groups is 2. The Hall–Kier alpha value is -3.66. The van der Waals surface area contributed by atoms with Crippen LogP contribution in [-0.4, -0.2) is 33.7 Å². The second kappa shape index (κ2) is 6.17. The molecule has 1 atom stereocenters. The molecule has 30 heavy (non-hydrogen) atoms. The van der Waals surface area contributed by atoms with E-state index in [1.165, 1.54) is 6.07 Å². The number of amides is 1. The number of aromatic nitrogens is 2. The largest absolute Gasteiger partial charge is 0.326 e. The van der Waals surface area contributed by atoms with E-state index < -0.39 is 11.2 Å². The molecule has 1 aromatic carbocycles. The Morgan fingerprint density at radius 1 is 1.33 bits per heavy atom. The molecule has 0 saturated carbocycles. The third-order valence-corrected chi connectivity index (χ3v) is 5.42. The molecule has 0 radical (unpaired) electrons. The number of rotatable bonds is 2. The van der Waals surface area contributed by atoms with Gasteiger partial charge in [-0.25, -0.2) is 4.39 Å². The van der Waals surface area contributed by atoms with Crippen LogP contribution in [0.1, 0.15) is 25.8 Å². The molecule has 3 aliphatic rings. The molecule has 3 aliphatic heterocycles. The van der Waals surface area contributed by atoms with Crippen LogP contribution in [0.5, 0.6) is 0 Å². The van der Waals surface area contributed by atoms with Crippen LogP contribution in [0, 0.1) is 5.82 Å². The summed E-state index contributed by atoms with van der Waals surface area (Å²) in [5.41, 5.74) is 1.85. The lowest BCUT2D eigenvalue weighted by Gasteiger charge is -2.32. The number of quaternary nitrogens is 1. The van der Waals surface area contributed by atoms with Crippen molar-refractivity contribution in [2.45, 2.75) is 25.7 Å². The van der Waals surface area contributed by atoms with Gasteiger partial charge in [0.2, 0.25) is 11.6 Å². The van der Waals surface area contributed by atoms with Gasteiger partial charge in [0.15, 0.2) is 6.20 Å². The third kappa shape index (κ3) is 2.76. The molecule has 2 aromatic rings. The molecule has 9 nitrogen and oxygen atoms in total. The summed E-state index contributed by atoms with van der Waals surface area (Å²) < 4.78 is 16.6. The number of carbonyl (C=O) groups is 1. The number of benzene rings is 1. The zero-order valence-corrected chi connectivity index (χ0v) is 16.7. The van der Waals surface area contributed by atoms with Gasteiger partial charge in [-0.2, -0.15) is 10.1 Å². The molecule has 1 aromatic heterocycles. The molecule has 0 aliphatic carbocycles. The van der Waals surface area contributed by atoms with Crippen LogP contribution in [0.15, 0.2) is 52.0 Å². The number of halogens is 1. The molecule has 4 heterocycles. The summed E-state index contributed by atoms with van der Waals surface area (Å²) in [4.78, 5) is 20.7.